The Morgan fingerprint density at radius 1 is 1.50 bits per heavy atom. The van der Waals surface area contributed by atoms with Gasteiger partial charge in [0.1, 0.15) is 12.4 Å². The molecule has 1 aromatic rings. The summed E-state index contributed by atoms with van der Waals surface area (Å²) in [7, 11) is 0. The van der Waals surface area contributed by atoms with E-state index in [1.54, 1.807) is 6.07 Å². The van der Waals surface area contributed by atoms with Crippen LogP contribution in [0.15, 0.2) is 18.2 Å². The minimum Gasteiger partial charge on any atom is -0.490 e. The first kappa shape index (κ1) is 9.65. The van der Waals surface area contributed by atoms with Gasteiger partial charge in [0.05, 0.1) is 11.1 Å². The summed E-state index contributed by atoms with van der Waals surface area (Å²) in [5.74, 6) is 0.752. The van der Waals surface area contributed by atoms with Crippen molar-refractivity contribution in [3.05, 3.63) is 28.8 Å². The highest BCUT2D eigenvalue weighted by molar-refractivity contribution is 6.32. The van der Waals surface area contributed by atoms with Crippen molar-refractivity contribution in [2.75, 3.05) is 6.61 Å². The molecule has 1 aromatic carbocycles. The fraction of sp³-hybridized carbons (Fsp3) is 0.250. The Morgan fingerprint density at radius 2 is 2.25 bits per heavy atom. The average Bonchev–Trinajstić information content (AvgIpc) is 2.35. The van der Waals surface area contributed by atoms with E-state index in [0.717, 1.165) is 11.3 Å². The zero-order valence-electron chi connectivity index (χ0n) is 6.29. The molecule has 66 valence electrons. The van der Waals surface area contributed by atoms with E-state index in [-0.39, 0.29) is 18.4 Å². The molecule has 2 rings (SSSR count). The predicted octanol–water partition coefficient (Wildman–Crippen LogP) is 2.15. The molecule has 1 heterocycles. The first-order valence-corrected chi connectivity index (χ1v) is 3.83. The van der Waals surface area contributed by atoms with E-state index >= 15 is 0 Å². The van der Waals surface area contributed by atoms with Gasteiger partial charge >= 0.3 is 0 Å². The third kappa shape index (κ3) is 1.38. The minimum atomic E-state index is -0.0105. The van der Waals surface area contributed by atoms with Crippen molar-refractivity contribution in [3.63, 3.8) is 0 Å². The third-order valence-electron chi connectivity index (χ3n) is 1.80. The molecule has 0 fully saturated rings. The van der Waals surface area contributed by atoms with Crippen LogP contribution in [0.4, 0.5) is 0 Å². The van der Waals surface area contributed by atoms with Gasteiger partial charge in [0.25, 0.3) is 0 Å². The second kappa shape index (κ2) is 3.52. The Hall–Kier alpha value is -0.440. The molecule has 0 amide bonds. The van der Waals surface area contributed by atoms with Crippen molar-refractivity contribution < 1.29 is 4.74 Å². The maximum Gasteiger partial charge on any atom is 0.142 e. The summed E-state index contributed by atoms with van der Waals surface area (Å²) >= 11 is 5.85. The quantitative estimate of drug-likeness (QED) is 0.705. The molecule has 0 saturated carbocycles. The number of ether oxygens (including phenoxy) is 1. The Kier molecular flexibility index (Phi) is 2.83. The highest BCUT2D eigenvalue weighted by Gasteiger charge is 2.21. The van der Waals surface area contributed by atoms with Gasteiger partial charge in [-0.25, -0.2) is 0 Å². The van der Waals surface area contributed by atoms with Crippen molar-refractivity contribution in [3.8, 4) is 5.75 Å². The smallest absolute Gasteiger partial charge is 0.142 e. The standard InChI is InChI=1S/C8H8ClNO.ClH/c9-6-3-1-2-5-7(10)4-11-8(5)6;/h1-3,7H,4,10H2;1H/t7-;/m1./s1. The van der Waals surface area contributed by atoms with Gasteiger partial charge in [-0.2, -0.15) is 0 Å². The second-order valence-corrected chi connectivity index (χ2v) is 2.98. The summed E-state index contributed by atoms with van der Waals surface area (Å²) in [6, 6.07) is 5.62. The molecule has 0 bridgehead atoms. The van der Waals surface area contributed by atoms with Crippen LogP contribution in [-0.2, 0) is 0 Å². The summed E-state index contributed by atoms with van der Waals surface area (Å²) in [5.41, 5.74) is 6.74. The van der Waals surface area contributed by atoms with Crippen LogP contribution in [0.5, 0.6) is 5.75 Å². The number of rotatable bonds is 0. The fourth-order valence-corrected chi connectivity index (χ4v) is 1.47. The molecule has 0 radical (unpaired) electrons. The van der Waals surface area contributed by atoms with E-state index in [0.29, 0.717) is 11.6 Å². The first-order valence-electron chi connectivity index (χ1n) is 3.46. The van der Waals surface area contributed by atoms with Gasteiger partial charge < -0.3 is 10.5 Å². The van der Waals surface area contributed by atoms with E-state index in [9.17, 15) is 0 Å². The number of hydrogen-bond donors (Lipinski definition) is 1. The summed E-state index contributed by atoms with van der Waals surface area (Å²) in [6.07, 6.45) is 0. The Balaban J connectivity index is 0.000000720. The predicted molar refractivity (Wildman–Crippen MR) is 51.1 cm³/mol. The molecule has 1 atom stereocenters. The molecule has 0 saturated heterocycles. The van der Waals surface area contributed by atoms with Crippen LogP contribution in [0, 0.1) is 0 Å². The Morgan fingerprint density at radius 3 is 2.92 bits per heavy atom. The number of nitrogens with two attached hydrogens (primary N) is 1. The lowest BCUT2D eigenvalue weighted by Gasteiger charge is -2.00. The van der Waals surface area contributed by atoms with Crippen molar-refractivity contribution in [2.45, 2.75) is 6.04 Å². The number of hydrogen-bond acceptors (Lipinski definition) is 2. The summed E-state index contributed by atoms with van der Waals surface area (Å²) < 4.78 is 5.28. The lowest BCUT2D eigenvalue weighted by molar-refractivity contribution is 0.333. The van der Waals surface area contributed by atoms with Gasteiger partial charge in [0, 0.05) is 5.56 Å². The van der Waals surface area contributed by atoms with Gasteiger partial charge in [-0.3, -0.25) is 0 Å². The Bertz CT molecular complexity index is 290. The topological polar surface area (TPSA) is 35.2 Å². The molecule has 1 aliphatic rings. The van der Waals surface area contributed by atoms with Gasteiger partial charge in [-0.05, 0) is 6.07 Å². The largest absolute Gasteiger partial charge is 0.490 e. The lowest BCUT2D eigenvalue weighted by Crippen LogP contribution is -2.10. The molecule has 0 aromatic heterocycles. The second-order valence-electron chi connectivity index (χ2n) is 2.58. The summed E-state index contributed by atoms with van der Waals surface area (Å²) in [6.45, 7) is 0.541. The average molecular weight is 206 g/mol. The molecule has 0 unspecified atom stereocenters. The monoisotopic (exact) mass is 205 g/mol. The van der Waals surface area contributed by atoms with Crippen LogP contribution in [0.3, 0.4) is 0 Å². The van der Waals surface area contributed by atoms with E-state index < -0.39 is 0 Å². The molecular weight excluding hydrogens is 197 g/mol. The molecule has 0 spiro atoms. The zero-order chi connectivity index (χ0) is 7.84. The fourth-order valence-electron chi connectivity index (χ4n) is 1.23. The van der Waals surface area contributed by atoms with Crippen LogP contribution in [0.1, 0.15) is 11.6 Å². The Labute approximate surface area is 82.1 Å². The zero-order valence-corrected chi connectivity index (χ0v) is 7.86. The molecule has 12 heavy (non-hydrogen) atoms. The number of benzene rings is 1. The lowest BCUT2D eigenvalue weighted by atomic mass is 10.1. The van der Waals surface area contributed by atoms with Crippen molar-refractivity contribution in [1.29, 1.82) is 0 Å². The third-order valence-corrected chi connectivity index (χ3v) is 2.10. The van der Waals surface area contributed by atoms with Crippen LogP contribution in [-0.4, -0.2) is 6.61 Å². The molecule has 4 heteroatoms. The van der Waals surface area contributed by atoms with Gasteiger partial charge in [-0.15, -0.1) is 12.4 Å². The van der Waals surface area contributed by atoms with Gasteiger partial charge in [0.15, 0.2) is 0 Å². The molecular formula is C8H9Cl2NO. The van der Waals surface area contributed by atoms with Crippen LogP contribution in [0.25, 0.3) is 0 Å². The van der Waals surface area contributed by atoms with E-state index in [2.05, 4.69) is 0 Å². The number of halogens is 2. The minimum absolute atomic E-state index is 0. The molecule has 0 aliphatic carbocycles. The molecule has 1 aliphatic heterocycles. The van der Waals surface area contributed by atoms with Crippen LogP contribution in [0.2, 0.25) is 5.02 Å². The molecule has 2 nitrogen and oxygen atoms in total. The van der Waals surface area contributed by atoms with E-state index in [1.807, 2.05) is 12.1 Å². The van der Waals surface area contributed by atoms with Crippen molar-refractivity contribution in [2.24, 2.45) is 5.73 Å². The van der Waals surface area contributed by atoms with Crippen molar-refractivity contribution >= 4 is 24.0 Å². The summed E-state index contributed by atoms with van der Waals surface area (Å²) in [5, 5.41) is 0.649. The van der Waals surface area contributed by atoms with E-state index in [4.69, 9.17) is 22.1 Å². The van der Waals surface area contributed by atoms with Crippen LogP contribution < -0.4 is 10.5 Å². The number of para-hydroxylation sites is 1. The highest BCUT2D eigenvalue weighted by Crippen LogP contribution is 2.36. The first-order chi connectivity index (χ1) is 5.29. The number of fused-ring (bicyclic) bond motifs is 1. The van der Waals surface area contributed by atoms with E-state index in [1.165, 1.54) is 0 Å². The van der Waals surface area contributed by atoms with Crippen molar-refractivity contribution in [1.82, 2.24) is 0 Å². The van der Waals surface area contributed by atoms with Gasteiger partial charge in [-0.1, -0.05) is 23.7 Å². The van der Waals surface area contributed by atoms with Gasteiger partial charge in [0.2, 0.25) is 0 Å². The summed E-state index contributed by atoms with van der Waals surface area (Å²) in [4.78, 5) is 0. The van der Waals surface area contributed by atoms with Crippen LogP contribution >= 0.6 is 24.0 Å². The maximum absolute atomic E-state index is 5.85. The molecule has 2 N–H and O–H groups in total. The normalized spacial score (nSPS) is 19.3. The highest BCUT2D eigenvalue weighted by atomic mass is 35.5. The SMILES string of the molecule is Cl.N[C@@H]1COc2c(Cl)cccc21. The maximum atomic E-state index is 5.85.